The van der Waals surface area contributed by atoms with Crippen LogP contribution in [-0.2, 0) is 11.3 Å². The van der Waals surface area contributed by atoms with E-state index in [4.69, 9.17) is 17.0 Å². The third kappa shape index (κ3) is 5.47. The molecule has 2 aromatic rings. The molecule has 1 aromatic heterocycles. The summed E-state index contributed by atoms with van der Waals surface area (Å²) in [7, 11) is 0. The van der Waals surface area contributed by atoms with Crippen LogP contribution in [0.3, 0.4) is 0 Å². The third-order valence-electron chi connectivity index (χ3n) is 4.35. The summed E-state index contributed by atoms with van der Waals surface area (Å²) in [6.07, 6.45) is 0. The molecule has 25 heavy (non-hydrogen) atoms. The summed E-state index contributed by atoms with van der Waals surface area (Å²) < 4.78 is 18.4. The van der Waals surface area contributed by atoms with Crippen LogP contribution in [0.1, 0.15) is 16.5 Å². The number of rotatable bonds is 6. The molecule has 1 atom stereocenters. The van der Waals surface area contributed by atoms with E-state index < -0.39 is 0 Å². The van der Waals surface area contributed by atoms with E-state index in [1.165, 1.54) is 21.9 Å². The molecule has 0 aliphatic carbocycles. The highest BCUT2D eigenvalue weighted by molar-refractivity contribution is 7.80. The maximum absolute atomic E-state index is 12.9. The smallest absolute Gasteiger partial charge is 0.166 e. The summed E-state index contributed by atoms with van der Waals surface area (Å²) in [6, 6.07) is 11.1. The van der Waals surface area contributed by atoms with Crippen LogP contribution in [0.15, 0.2) is 41.8 Å². The number of thiophene rings is 1. The van der Waals surface area contributed by atoms with Gasteiger partial charge in [-0.25, -0.2) is 4.39 Å². The lowest BCUT2D eigenvalue weighted by molar-refractivity contribution is -0.937. The predicted molar refractivity (Wildman–Crippen MR) is 102 cm³/mol. The molecule has 0 spiro atoms. The van der Waals surface area contributed by atoms with Crippen molar-refractivity contribution >= 4 is 28.7 Å². The average Bonchev–Trinajstić information content (AvgIpc) is 3.17. The topological polar surface area (TPSA) is 37.7 Å². The highest BCUT2D eigenvalue weighted by Gasteiger charge is 2.27. The monoisotopic (exact) mass is 380 g/mol. The van der Waals surface area contributed by atoms with Crippen molar-refractivity contribution in [1.82, 2.24) is 10.6 Å². The molecule has 1 aromatic carbocycles. The summed E-state index contributed by atoms with van der Waals surface area (Å²) in [6.45, 7) is 5.01. The van der Waals surface area contributed by atoms with Gasteiger partial charge in [0.05, 0.1) is 24.6 Å². The molecule has 134 valence electrons. The lowest BCUT2D eigenvalue weighted by Crippen LogP contribution is -3.15. The van der Waals surface area contributed by atoms with E-state index in [1.54, 1.807) is 23.5 Å². The molecular weight excluding hydrogens is 357 g/mol. The van der Waals surface area contributed by atoms with Crippen LogP contribution < -0.4 is 15.5 Å². The first-order chi connectivity index (χ1) is 12.2. The Labute approximate surface area is 157 Å². The quantitative estimate of drug-likeness (QED) is 0.664. The molecule has 2 heterocycles. The predicted octanol–water partition coefficient (Wildman–Crippen LogP) is 1.51. The molecule has 0 bridgehead atoms. The number of hydrogen-bond donors (Lipinski definition) is 3. The summed E-state index contributed by atoms with van der Waals surface area (Å²) in [5, 5.41) is 9.27. The van der Waals surface area contributed by atoms with Gasteiger partial charge in [0.1, 0.15) is 24.9 Å². The minimum atomic E-state index is -0.225. The normalized spacial score (nSPS) is 16.4. The molecule has 1 saturated heterocycles. The molecule has 3 N–H and O–H groups in total. The molecule has 1 aliphatic rings. The Morgan fingerprint density at radius 2 is 1.96 bits per heavy atom. The van der Waals surface area contributed by atoms with Crippen LogP contribution in [0, 0.1) is 5.82 Å². The first kappa shape index (κ1) is 18.3. The Morgan fingerprint density at radius 1 is 1.20 bits per heavy atom. The Balaban J connectivity index is 1.51. The number of benzene rings is 1. The molecule has 7 heteroatoms. The van der Waals surface area contributed by atoms with Crippen molar-refractivity contribution in [3.8, 4) is 0 Å². The Morgan fingerprint density at radius 3 is 2.64 bits per heavy atom. The molecule has 1 aliphatic heterocycles. The van der Waals surface area contributed by atoms with Gasteiger partial charge in [0, 0.05) is 6.54 Å². The van der Waals surface area contributed by atoms with E-state index in [0.717, 1.165) is 38.4 Å². The number of ether oxygens (including phenoxy) is 1. The number of nitrogens with one attached hydrogen (secondary N) is 3. The van der Waals surface area contributed by atoms with Crippen molar-refractivity contribution in [3.05, 3.63) is 58.0 Å². The average molecular weight is 381 g/mol. The van der Waals surface area contributed by atoms with Crippen molar-refractivity contribution in [1.29, 1.82) is 0 Å². The van der Waals surface area contributed by atoms with Crippen molar-refractivity contribution in [2.75, 3.05) is 32.8 Å². The van der Waals surface area contributed by atoms with Gasteiger partial charge in [-0.05, 0) is 41.4 Å². The first-order valence-corrected chi connectivity index (χ1v) is 9.73. The first-order valence-electron chi connectivity index (χ1n) is 8.44. The van der Waals surface area contributed by atoms with Gasteiger partial charge in [-0.1, -0.05) is 18.2 Å². The SMILES string of the molecule is Fc1ccc(CNC(=S)NC[C@@H](c2cccs2)[NH+]2CCOCC2)cc1. The van der Waals surface area contributed by atoms with E-state index in [9.17, 15) is 4.39 Å². The van der Waals surface area contributed by atoms with Crippen molar-refractivity contribution in [2.24, 2.45) is 0 Å². The summed E-state index contributed by atoms with van der Waals surface area (Å²) in [5.74, 6) is -0.225. The van der Waals surface area contributed by atoms with E-state index in [2.05, 4.69) is 28.1 Å². The second-order valence-corrected chi connectivity index (χ2v) is 7.42. The van der Waals surface area contributed by atoms with Gasteiger partial charge in [-0.3, -0.25) is 0 Å². The molecule has 1 fully saturated rings. The number of thiocarbonyl (C=S) groups is 1. The van der Waals surface area contributed by atoms with Gasteiger partial charge < -0.3 is 20.3 Å². The van der Waals surface area contributed by atoms with Crippen molar-refractivity contribution in [2.45, 2.75) is 12.6 Å². The van der Waals surface area contributed by atoms with E-state index in [-0.39, 0.29) is 5.82 Å². The van der Waals surface area contributed by atoms with Crippen molar-refractivity contribution in [3.63, 3.8) is 0 Å². The van der Waals surface area contributed by atoms with E-state index in [0.29, 0.717) is 17.7 Å². The largest absolute Gasteiger partial charge is 0.370 e. The third-order valence-corrected chi connectivity index (χ3v) is 5.62. The van der Waals surface area contributed by atoms with Crippen LogP contribution >= 0.6 is 23.6 Å². The molecule has 0 unspecified atom stereocenters. The van der Waals surface area contributed by atoms with E-state index >= 15 is 0 Å². The zero-order chi connectivity index (χ0) is 17.5. The number of quaternary nitrogens is 1. The van der Waals surface area contributed by atoms with Crippen LogP contribution in [0.25, 0.3) is 0 Å². The minimum absolute atomic E-state index is 0.225. The zero-order valence-corrected chi connectivity index (χ0v) is 15.6. The van der Waals surface area contributed by atoms with Crippen LogP contribution in [-0.4, -0.2) is 38.0 Å². The van der Waals surface area contributed by atoms with Gasteiger partial charge in [-0.15, -0.1) is 11.3 Å². The number of morpholine rings is 1. The fraction of sp³-hybridized carbons (Fsp3) is 0.389. The Hall–Kier alpha value is -1.54. The second kappa shape index (κ2) is 9.24. The highest BCUT2D eigenvalue weighted by atomic mass is 32.1. The van der Waals surface area contributed by atoms with Crippen LogP contribution in [0.4, 0.5) is 4.39 Å². The zero-order valence-electron chi connectivity index (χ0n) is 14.0. The van der Waals surface area contributed by atoms with Gasteiger partial charge in [-0.2, -0.15) is 0 Å². The van der Waals surface area contributed by atoms with Crippen LogP contribution in [0.2, 0.25) is 0 Å². The lowest BCUT2D eigenvalue weighted by Gasteiger charge is -2.31. The maximum Gasteiger partial charge on any atom is 0.166 e. The molecule has 0 amide bonds. The maximum atomic E-state index is 12.9. The van der Waals surface area contributed by atoms with Gasteiger partial charge in [0.2, 0.25) is 0 Å². The number of hydrogen-bond acceptors (Lipinski definition) is 3. The number of halogens is 1. The van der Waals surface area contributed by atoms with Gasteiger partial charge in [0.15, 0.2) is 5.11 Å². The molecule has 0 radical (unpaired) electrons. The van der Waals surface area contributed by atoms with Crippen molar-refractivity contribution < 1.29 is 14.0 Å². The van der Waals surface area contributed by atoms with Gasteiger partial charge >= 0.3 is 0 Å². The molecule has 0 saturated carbocycles. The van der Waals surface area contributed by atoms with E-state index in [1.807, 2.05) is 0 Å². The summed E-state index contributed by atoms with van der Waals surface area (Å²) >= 11 is 7.19. The fourth-order valence-corrected chi connectivity index (χ4v) is 4.00. The summed E-state index contributed by atoms with van der Waals surface area (Å²) in [5.41, 5.74) is 0.999. The lowest BCUT2D eigenvalue weighted by atomic mass is 10.2. The Kier molecular flexibility index (Phi) is 6.75. The Bertz CT molecular complexity index is 657. The minimum Gasteiger partial charge on any atom is -0.370 e. The second-order valence-electron chi connectivity index (χ2n) is 6.03. The van der Waals surface area contributed by atoms with Gasteiger partial charge in [0.25, 0.3) is 0 Å². The van der Waals surface area contributed by atoms with Crippen LogP contribution in [0.5, 0.6) is 0 Å². The molecular formula is C18H23FN3OS2+. The fourth-order valence-electron chi connectivity index (χ4n) is 2.96. The molecule has 4 nitrogen and oxygen atoms in total. The highest BCUT2D eigenvalue weighted by Crippen LogP contribution is 2.16. The standard InChI is InChI=1S/C18H22FN3OS2/c19-15-5-3-14(4-6-15)12-20-18(24)21-13-16(17-2-1-11-25-17)22-7-9-23-10-8-22/h1-6,11,16H,7-10,12-13H2,(H2,20,21,24)/p+1/t16-/m0/s1. The summed E-state index contributed by atoms with van der Waals surface area (Å²) in [4.78, 5) is 2.90. The molecule has 3 rings (SSSR count).